The molecular weight excluding hydrogens is 357 g/mol. The van der Waals surface area contributed by atoms with Crippen LogP contribution in [-0.4, -0.2) is 16.5 Å². The average Bonchev–Trinajstić information content (AvgIpc) is 3.07. The minimum atomic E-state index is -0.258. The van der Waals surface area contributed by atoms with Crippen molar-refractivity contribution in [2.24, 2.45) is 0 Å². The Kier molecular flexibility index (Phi) is 5.12. The number of fused-ring (bicyclic) bond motifs is 1. The van der Waals surface area contributed by atoms with Crippen molar-refractivity contribution in [2.45, 2.75) is 19.8 Å². The summed E-state index contributed by atoms with van der Waals surface area (Å²) in [5.41, 5.74) is 2.15. The molecule has 3 nitrogen and oxygen atoms in total. The number of hydrogen-bond donors (Lipinski definition) is 1. The second-order valence-electron chi connectivity index (χ2n) is 6.49. The third-order valence-electron chi connectivity index (χ3n) is 4.40. The molecule has 0 spiro atoms. The van der Waals surface area contributed by atoms with Crippen LogP contribution in [0.25, 0.3) is 21.6 Å². The fourth-order valence-electron chi connectivity index (χ4n) is 3.05. The van der Waals surface area contributed by atoms with E-state index in [4.69, 9.17) is 4.98 Å². The van der Waals surface area contributed by atoms with Crippen molar-refractivity contribution in [3.63, 3.8) is 0 Å². The predicted molar refractivity (Wildman–Crippen MR) is 111 cm³/mol. The van der Waals surface area contributed by atoms with Gasteiger partial charge in [-0.15, -0.1) is 11.3 Å². The van der Waals surface area contributed by atoms with Crippen molar-refractivity contribution < 1.29 is 4.39 Å². The molecule has 0 unspecified atom stereocenters. The van der Waals surface area contributed by atoms with Crippen molar-refractivity contribution in [3.8, 4) is 11.4 Å². The van der Waals surface area contributed by atoms with Crippen LogP contribution >= 0.6 is 11.3 Å². The summed E-state index contributed by atoms with van der Waals surface area (Å²) in [4.78, 5) is 11.5. The fourth-order valence-corrected chi connectivity index (χ4v) is 3.93. The molecule has 0 aliphatic carbocycles. The molecule has 4 aromatic rings. The summed E-state index contributed by atoms with van der Waals surface area (Å²) in [6.07, 6.45) is 2.04. The number of aryl methyl sites for hydroxylation is 2. The summed E-state index contributed by atoms with van der Waals surface area (Å²) in [6, 6.07) is 18.9. The van der Waals surface area contributed by atoms with Crippen molar-refractivity contribution in [1.82, 2.24) is 9.97 Å². The molecule has 2 aromatic carbocycles. The predicted octanol–water partition coefficient (Wildman–Crippen LogP) is 5.85. The Morgan fingerprint density at radius 1 is 1.00 bits per heavy atom. The highest BCUT2D eigenvalue weighted by molar-refractivity contribution is 7.18. The van der Waals surface area contributed by atoms with Crippen LogP contribution in [0.15, 0.2) is 60.7 Å². The van der Waals surface area contributed by atoms with Gasteiger partial charge in [-0.05, 0) is 55.7 Å². The van der Waals surface area contributed by atoms with Gasteiger partial charge in [0.1, 0.15) is 16.5 Å². The smallest absolute Gasteiger partial charge is 0.163 e. The summed E-state index contributed by atoms with van der Waals surface area (Å²) in [7, 11) is 0. The van der Waals surface area contributed by atoms with Crippen LogP contribution in [0.1, 0.15) is 16.9 Å². The first kappa shape index (κ1) is 17.6. The van der Waals surface area contributed by atoms with Crippen molar-refractivity contribution in [1.29, 1.82) is 0 Å². The number of rotatable bonds is 6. The average molecular weight is 377 g/mol. The first-order valence-electron chi connectivity index (χ1n) is 9.01. The van der Waals surface area contributed by atoms with Gasteiger partial charge in [0.05, 0.1) is 5.39 Å². The Hall–Kier alpha value is -2.79. The lowest BCUT2D eigenvalue weighted by Crippen LogP contribution is -2.06. The van der Waals surface area contributed by atoms with Crippen LogP contribution in [0.4, 0.5) is 10.2 Å². The first-order chi connectivity index (χ1) is 13.2. The van der Waals surface area contributed by atoms with Gasteiger partial charge in [-0.2, -0.15) is 0 Å². The molecule has 0 saturated carbocycles. The molecule has 5 heteroatoms. The molecule has 0 fully saturated rings. The third-order valence-corrected chi connectivity index (χ3v) is 5.34. The zero-order valence-electron chi connectivity index (χ0n) is 15.1. The third kappa shape index (κ3) is 4.14. The van der Waals surface area contributed by atoms with Crippen LogP contribution in [0.5, 0.6) is 0 Å². The van der Waals surface area contributed by atoms with E-state index in [1.54, 1.807) is 23.5 Å². The number of hydrogen-bond acceptors (Lipinski definition) is 4. The quantitative estimate of drug-likeness (QED) is 0.428. The highest BCUT2D eigenvalue weighted by Crippen LogP contribution is 2.31. The first-order valence-corrected chi connectivity index (χ1v) is 9.82. The number of aromatic nitrogens is 2. The van der Waals surface area contributed by atoms with E-state index < -0.39 is 0 Å². The molecule has 0 radical (unpaired) electrons. The molecule has 0 atom stereocenters. The molecular formula is C22H20FN3S. The van der Waals surface area contributed by atoms with Crippen LogP contribution in [0, 0.1) is 12.7 Å². The zero-order valence-corrected chi connectivity index (χ0v) is 15.9. The monoisotopic (exact) mass is 377 g/mol. The lowest BCUT2D eigenvalue weighted by Gasteiger charge is -2.09. The number of halogens is 1. The molecule has 0 aliphatic heterocycles. The van der Waals surface area contributed by atoms with Crippen molar-refractivity contribution >= 4 is 27.4 Å². The minimum Gasteiger partial charge on any atom is -0.369 e. The van der Waals surface area contributed by atoms with Gasteiger partial charge in [0.25, 0.3) is 0 Å². The summed E-state index contributed by atoms with van der Waals surface area (Å²) < 4.78 is 13.2. The van der Waals surface area contributed by atoms with E-state index in [0.717, 1.165) is 41.0 Å². The zero-order chi connectivity index (χ0) is 18.6. The van der Waals surface area contributed by atoms with Crippen molar-refractivity contribution in [3.05, 3.63) is 76.9 Å². The Bertz CT molecular complexity index is 1040. The summed E-state index contributed by atoms with van der Waals surface area (Å²) in [5.74, 6) is 1.21. The van der Waals surface area contributed by atoms with Gasteiger partial charge in [-0.25, -0.2) is 14.4 Å². The van der Waals surface area contributed by atoms with Gasteiger partial charge in [0.2, 0.25) is 0 Å². The molecule has 0 saturated heterocycles. The number of nitrogens with one attached hydrogen (secondary N) is 1. The Morgan fingerprint density at radius 3 is 2.56 bits per heavy atom. The SMILES string of the molecule is Cc1cc2c(NCCCc3ccccc3)nc(-c3ccc(F)cc3)nc2s1. The van der Waals surface area contributed by atoms with Gasteiger partial charge in [0, 0.05) is 17.0 Å². The Balaban J connectivity index is 1.56. The molecule has 0 aliphatic rings. The van der Waals surface area contributed by atoms with Gasteiger partial charge in [0.15, 0.2) is 5.82 Å². The Morgan fingerprint density at radius 2 is 1.78 bits per heavy atom. The Labute approximate surface area is 161 Å². The lowest BCUT2D eigenvalue weighted by molar-refractivity contribution is 0.628. The van der Waals surface area contributed by atoms with Crippen LogP contribution in [0.2, 0.25) is 0 Å². The summed E-state index contributed by atoms with van der Waals surface area (Å²) >= 11 is 1.65. The maximum absolute atomic E-state index is 13.2. The number of nitrogens with zero attached hydrogens (tertiary/aromatic N) is 2. The molecule has 2 aromatic heterocycles. The van der Waals surface area contributed by atoms with E-state index in [2.05, 4.69) is 47.6 Å². The molecule has 0 bridgehead atoms. The van der Waals surface area contributed by atoms with E-state index in [9.17, 15) is 4.39 Å². The number of benzene rings is 2. The van der Waals surface area contributed by atoms with Gasteiger partial charge >= 0.3 is 0 Å². The topological polar surface area (TPSA) is 37.8 Å². The maximum atomic E-state index is 13.2. The van der Waals surface area contributed by atoms with Gasteiger partial charge in [-0.1, -0.05) is 30.3 Å². The fraction of sp³-hybridized carbons (Fsp3) is 0.182. The van der Waals surface area contributed by atoms with E-state index in [1.165, 1.54) is 22.6 Å². The van der Waals surface area contributed by atoms with E-state index in [-0.39, 0.29) is 5.82 Å². The molecule has 0 amide bonds. The molecule has 136 valence electrons. The lowest BCUT2D eigenvalue weighted by atomic mass is 10.1. The van der Waals surface area contributed by atoms with Gasteiger partial charge < -0.3 is 5.32 Å². The normalized spacial score (nSPS) is 11.0. The van der Waals surface area contributed by atoms with E-state index in [1.807, 2.05) is 6.07 Å². The summed E-state index contributed by atoms with van der Waals surface area (Å²) in [6.45, 7) is 2.90. The standard InChI is InChI=1S/C22H20FN3S/c1-15-14-19-21(24-13-5-8-16-6-3-2-4-7-16)25-20(26-22(19)27-15)17-9-11-18(23)12-10-17/h2-4,6-7,9-12,14H,5,8,13H2,1H3,(H,24,25,26). The molecule has 27 heavy (non-hydrogen) atoms. The van der Waals surface area contributed by atoms with Crippen molar-refractivity contribution in [2.75, 3.05) is 11.9 Å². The maximum Gasteiger partial charge on any atom is 0.163 e. The van der Waals surface area contributed by atoms with E-state index in [0.29, 0.717) is 5.82 Å². The summed E-state index contributed by atoms with van der Waals surface area (Å²) in [5, 5.41) is 4.52. The minimum absolute atomic E-state index is 0.258. The highest BCUT2D eigenvalue weighted by Gasteiger charge is 2.12. The largest absolute Gasteiger partial charge is 0.369 e. The number of thiophene rings is 1. The van der Waals surface area contributed by atoms with Crippen LogP contribution < -0.4 is 5.32 Å². The van der Waals surface area contributed by atoms with Crippen LogP contribution in [-0.2, 0) is 6.42 Å². The number of anilines is 1. The molecule has 4 rings (SSSR count). The molecule has 1 N–H and O–H groups in total. The second-order valence-corrected chi connectivity index (χ2v) is 7.73. The van der Waals surface area contributed by atoms with Crippen LogP contribution in [0.3, 0.4) is 0 Å². The molecule has 2 heterocycles. The highest BCUT2D eigenvalue weighted by atomic mass is 32.1. The second kappa shape index (κ2) is 7.84. The van der Waals surface area contributed by atoms with E-state index >= 15 is 0 Å². The van der Waals surface area contributed by atoms with Gasteiger partial charge in [-0.3, -0.25) is 0 Å².